The van der Waals surface area contributed by atoms with Crippen LogP contribution in [0.15, 0.2) is 24.3 Å². The number of aromatic amines is 1. The van der Waals surface area contributed by atoms with Crippen molar-refractivity contribution in [2.45, 2.75) is 52.0 Å². The minimum absolute atomic E-state index is 0.0231. The highest BCUT2D eigenvalue weighted by molar-refractivity contribution is 5.77. The van der Waals surface area contributed by atoms with Crippen LogP contribution in [0.25, 0.3) is 0 Å². The molecule has 2 N–H and O–H groups in total. The van der Waals surface area contributed by atoms with Crippen molar-refractivity contribution in [3.05, 3.63) is 46.8 Å². The van der Waals surface area contributed by atoms with Gasteiger partial charge in [0.05, 0.1) is 18.3 Å². The lowest BCUT2D eigenvalue weighted by Crippen LogP contribution is -2.29. The number of benzene rings is 1. The Balaban J connectivity index is 1.69. The quantitative estimate of drug-likeness (QED) is 0.902. The van der Waals surface area contributed by atoms with E-state index in [9.17, 15) is 4.79 Å². The molecule has 1 aromatic carbocycles. The fraction of sp³-hybridized carbons (Fsp3) is 0.474. The normalized spacial score (nSPS) is 18.2. The zero-order chi connectivity index (χ0) is 17.1. The number of fused-ring (bicyclic) bond motifs is 1. The summed E-state index contributed by atoms with van der Waals surface area (Å²) in [4.78, 5) is 12.6. The summed E-state index contributed by atoms with van der Waals surface area (Å²) in [6.45, 7) is 6.76. The molecular weight excluding hydrogens is 302 g/mol. The van der Waals surface area contributed by atoms with Crippen molar-refractivity contribution in [1.82, 2.24) is 15.5 Å². The summed E-state index contributed by atoms with van der Waals surface area (Å²) in [5, 5.41) is 10.4. The first-order valence-corrected chi connectivity index (χ1v) is 8.58. The molecule has 1 amide bonds. The van der Waals surface area contributed by atoms with E-state index in [-0.39, 0.29) is 17.9 Å². The smallest absolute Gasteiger partial charge is 0.221 e. The van der Waals surface area contributed by atoms with Crippen LogP contribution in [0.5, 0.6) is 5.75 Å². The second-order valence-corrected chi connectivity index (χ2v) is 6.60. The molecule has 128 valence electrons. The Morgan fingerprint density at radius 1 is 1.42 bits per heavy atom. The van der Waals surface area contributed by atoms with Crippen molar-refractivity contribution in [3.63, 3.8) is 0 Å². The Bertz CT molecular complexity index is 704. The van der Waals surface area contributed by atoms with Crippen LogP contribution in [-0.4, -0.2) is 22.7 Å². The monoisotopic (exact) mass is 327 g/mol. The molecule has 0 spiro atoms. The SMILES string of the molecule is Cc1n[nH]c(C)c1C(C)CC(=O)NC1CCCOc2ccccc21. The molecule has 0 saturated carbocycles. The number of carbonyl (C=O) groups is 1. The van der Waals surface area contributed by atoms with E-state index in [1.54, 1.807) is 0 Å². The standard InChI is InChI=1S/C19H25N3O2/c1-12(19-13(2)21-22-14(19)3)11-18(23)20-16-8-6-10-24-17-9-5-4-7-15(16)17/h4-5,7,9,12,16H,6,8,10-11H2,1-3H3,(H,20,23)(H,21,22). The second kappa shape index (κ2) is 7.07. The van der Waals surface area contributed by atoms with Gasteiger partial charge in [-0.15, -0.1) is 0 Å². The minimum Gasteiger partial charge on any atom is -0.493 e. The van der Waals surface area contributed by atoms with Gasteiger partial charge in [-0.25, -0.2) is 0 Å². The third-order valence-corrected chi connectivity index (χ3v) is 4.69. The number of amides is 1. The number of hydrogen-bond donors (Lipinski definition) is 2. The molecule has 1 aliphatic rings. The van der Waals surface area contributed by atoms with Gasteiger partial charge in [0.1, 0.15) is 5.75 Å². The zero-order valence-corrected chi connectivity index (χ0v) is 14.6. The summed E-state index contributed by atoms with van der Waals surface area (Å²) in [6.07, 6.45) is 2.30. The predicted molar refractivity (Wildman–Crippen MR) is 93.1 cm³/mol. The molecule has 0 aliphatic carbocycles. The van der Waals surface area contributed by atoms with Gasteiger partial charge in [-0.2, -0.15) is 5.10 Å². The van der Waals surface area contributed by atoms with Crippen molar-refractivity contribution >= 4 is 5.91 Å². The number of hydrogen-bond acceptors (Lipinski definition) is 3. The first kappa shape index (κ1) is 16.6. The van der Waals surface area contributed by atoms with Crippen molar-refractivity contribution in [1.29, 1.82) is 0 Å². The molecule has 24 heavy (non-hydrogen) atoms. The molecule has 2 unspecified atom stereocenters. The van der Waals surface area contributed by atoms with Gasteiger partial charge in [-0.3, -0.25) is 9.89 Å². The molecule has 2 heterocycles. The van der Waals surface area contributed by atoms with Gasteiger partial charge >= 0.3 is 0 Å². The Morgan fingerprint density at radius 2 is 2.21 bits per heavy atom. The first-order chi connectivity index (χ1) is 11.6. The Labute approximate surface area is 142 Å². The number of para-hydroxylation sites is 1. The van der Waals surface area contributed by atoms with Crippen molar-refractivity contribution < 1.29 is 9.53 Å². The fourth-order valence-corrected chi connectivity index (χ4v) is 3.59. The van der Waals surface area contributed by atoms with Crippen molar-refractivity contribution in [3.8, 4) is 5.75 Å². The maximum Gasteiger partial charge on any atom is 0.221 e. The average Bonchev–Trinajstić information content (AvgIpc) is 2.77. The molecule has 0 radical (unpaired) electrons. The van der Waals surface area contributed by atoms with Gasteiger partial charge < -0.3 is 10.1 Å². The van der Waals surface area contributed by atoms with Crippen LogP contribution >= 0.6 is 0 Å². The second-order valence-electron chi connectivity index (χ2n) is 6.60. The number of aromatic nitrogens is 2. The molecule has 2 aromatic rings. The number of carbonyl (C=O) groups excluding carboxylic acids is 1. The predicted octanol–water partition coefficient (Wildman–Crippen LogP) is 3.55. The third-order valence-electron chi connectivity index (χ3n) is 4.69. The average molecular weight is 327 g/mol. The summed E-state index contributed by atoms with van der Waals surface area (Å²) in [7, 11) is 0. The number of H-pyrrole nitrogens is 1. The molecular formula is C19H25N3O2. The van der Waals surface area contributed by atoms with E-state index in [2.05, 4.69) is 22.4 Å². The molecule has 1 aliphatic heterocycles. The van der Waals surface area contributed by atoms with Crippen LogP contribution in [0.3, 0.4) is 0 Å². The Hall–Kier alpha value is -2.30. The molecule has 3 rings (SSSR count). The molecule has 5 heteroatoms. The van der Waals surface area contributed by atoms with Crippen LogP contribution in [0.2, 0.25) is 0 Å². The lowest BCUT2D eigenvalue weighted by molar-refractivity contribution is -0.122. The van der Waals surface area contributed by atoms with E-state index in [0.717, 1.165) is 41.1 Å². The van der Waals surface area contributed by atoms with E-state index in [4.69, 9.17) is 4.74 Å². The minimum atomic E-state index is 0.0231. The van der Waals surface area contributed by atoms with E-state index in [0.29, 0.717) is 13.0 Å². The highest BCUT2D eigenvalue weighted by Crippen LogP contribution is 2.32. The van der Waals surface area contributed by atoms with E-state index in [1.165, 1.54) is 0 Å². The zero-order valence-electron chi connectivity index (χ0n) is 14.6. The molecule has 5 nitrogen and oxygen atoms in total. The van der Waals surface area contributed by atoms with Gasteiger partial charge in [0, 0.05) is 17.7 Å². The van der Waals surface area contributed by atoms with Crippen LogP contribution in [0.1, 0.15) is 60.7 Å². The van der Waals surface area contributed by atoms with Gasteiger partial charge in [-0.05, 0) is 44.2 Å². The lowest BCUT2D eigenvalue weighted by atomic mass is 9.95. The van der Waals surface area contributed by atoms with Crippen LogP contribution in [-0.2, 0) is 4.79 Å². The Kier molecular flexibility index (Phi) is 4.88. The van der Waals surface area contributed by atoms with Crippen LogP contribution < -0.4 is 10.1 Å². The molecule has 0 bridgehead atoms. The number of aryl methyl sites for hydroxylation is 2. The summed E-state index contributed by atoms with van der Waals surface area (Å²) in [5.41, 5.74) is 4.24. The molecule has 2 atom stereocenters. The van der Waals surface area contributed by atoms with Gasteiger partial charge in [0.15, 0.2) is 0 Å². The van der Waals surface area contributed by atoms with Gasteiger partial charge in [-0.1, -0.05) is 25.1 Å². The summed E-state index contributed by atoms with van der Waals surface area (Å²) in [5.74, 6) is 1.10. The molecule has 0 fully saturated rings. The van der Waals surface area contributed by atoms with Crippen molar-refractivity contribution in [2.24, 2.45) is 0 Å². The number of rotatable bonds is 4. The third kappa shape index (κ3) is 3.45. The maximum absolute atomic E-state index is 12.6. The van der Waals surface area contributed by atoms with Gasteiger partial charge in [0.25, 0.3) is 0 Å². The van der Waals surface area contributed by atoms with Gasteiger partial charge in [0.2, 0.25) is 5.91 Å². The fourth-order valence-electron chi connectivity index (χ4n) is 3.59. The molecule has 1 aromatic heterocycles. The number of ether oxygens (including phenoxy) is 1. The van der Waals surface area contributed by atoms with Crippen LogP contribution in [0.4, 0.5) is 0 Å². The highest BCUT2D eigenvalue weighted by Gasteiger charge is 2.23. The first-order valence-electron chi connectivity index (χ1n) is 8.58. The topological polar surface area (TPSA) is 67.0 Å². The lowest BCUT2D eigenvalue weighted by Gasteiger charge is -2.20. The Morgan fingerprint density at radius 3 is 2.96 bits per heavy atom. The summed E-state index contributed by atoms with van der Waals surface area (Å²) >= 11 is 0. The summed E-state index contributed by atoms with van der Waals surface area (Å²) < 4.78 is 5.77. The highest BCUT2D eigenvalue weighted by atomic mass is 16.5. The largest absolute Gasteiger partial charge is 0.493 e. The van der Waals surface area contributed by atoms with E-state index >= 15 is 0 Å². The van der Waals surface area contributed by atoms with Crippen molar-refractivity contribution in [2.75, 3.05) is 6.61 Å². The number of nitrogens with one attached hydrogen (secondary N) is 2. The number of nitrogens with zero attached hydrogens (tertiary/aromatic N) is 1. The van der Waals surface area contributed by atoms with Crippen LogP contribution in [0, 0.1) is 13.8 Å². The maximum atomic E-state index is 12.6. The molecule has 0 saturated heterocycles. The van der Waals surface area contributed by atoms with E-state index < -0.39 is 0 Å². The summed E-state index contributed by atoms with van der Waals surface area (Å²) in [6, 6.07) is 8.00. The van der Waals surface area contributed by atoms with E-state index in [1.807, 2.05) is 38.1 Å².